The fourth-order valence-electron chi connectivity index (χ4n) is 2.33. The molecule has 4 unspecified atom stereocenters. The minimum Gasteiger partial charge on any atom is -0.352 e. The number of rotatable bonds is 3. The minimum absolute atomic E-state index is 0.0275. The molecule has 2 nitrogen and oxygen atoms in total. The van der Waals surface area contributed by atoms with Crippen molar-refractivity contribution in [2.75, 3.05) is 0 Å². The molecule has 0 aromatic rings. The second-order valence-electron chi connectivity index (χ2n) is 4.34. The Labute approximate surface area is 91.4 Å². The normalized spacial score (nSPS) is 34.1. The summed E-state index contributed by atoms with van der Waals surface area (Å²) in [5, 5.41) is 2.61. The molecule has 1 aliphatic rings. The van der Waals surface area contributed by atoms with E-state index in [0.717, 1.165) is 12.3 Å². The first-order chi connectivity index (χ1) is 6.56. The maximum atomic E-state index is 11.4. The van der Waals surface area contributed by atoms with Gasteiger partial charge in [-0.3, -0.25) is 4.79 Å². The third-order valence-corrected chi connectivity index (χ3v) is 3.64. The van der Waals surface area contributed by atoms with Gasteiger partial charge in [0.25, 0.3) is 0 Å². The van der Waals surface area contributed by atoms with Crippen molar-refractivity contribution in [3.63, 3.8) is 0 Å². The average Bonchev–Trinajstić information content (AvgIpc) is 2.47. The first-order valence-electron chi connectivity index (χ1n) is 5.50. The Hall–Kier alpha value is -0.240. The van der Waals surface area contributed by atoms with E-state index in [1.165, 1.54) is 12.8 Å². The van der Waals surface area contributed by atoms with Gasteiger partial charge >= 0.3 is 0 Å². The minimum atomic E-state index is -0.414. The van der Waals surface area contributed by atoms with Gasteiger partial charge in [0.2, 0.25) is 5.91 Å². The van der Waals surface area contributed by atoms with Crippen LogP contribution in [0.5, 0.6) is 0 Å². The monoisotopic (exact) mass is 217 g/mol. The Morgan fingerprint density at radius 1 is 1.57 bits per heavy atom. The number of alkyl halides is 1. The predicted molar refractivity (Wildman–Crippen MR) is 59.4 cm³/mol. The van der Waals surface area contributed by atoms with Crippen molar-refractivity contribution in [2.45, 2.75) is 51.5 Å². The Morgan fingerprint density at radius 2 is 2.21 bits per heavy atom. The zero-order valence-corrected chi connectivity index (χ0v) is 9.97. The standard InChI is InChI=1S/C11H20ClNO/c1-4-9-5-6-10(7(9)2)13-11(14)8(3)12/h7-10H,4-6H2,1-3H3,(H,13,14). The number of amides is 1. The number of carbonyl (C=O) groups excluding carboxylic acids is 1. The van der Waals surface area contributed by atoms with Crippen LogP contribution in [0.4, 0.5) is 0 Å². The van der Waals surface area contributed by atoms with Crippen LogP contribution in [-0.2, 0) is 4.79 Å². The van der Waals surface area contributed by atoms with Crippen molar-refractivity contribution >= 4 is 17.5 Å². The largest absolute Gasteiger partial charge is 0.352 e. The predicted octanol–water partition coefficient (Wildman–Crippen LogP) is 2.55. The van der Waals surface area contributed by atoms with Crippen LogP contribution < -0.4 is 5.32 Å². The van der Waals surface area contributed by atoms with Crippen molar-refractivity contribution in [1.82, 2.24) is 5.32 Å². The van der Waals surface area contributed by atoms with E-state index in [1.807, 2.05) is 0 Å². The Balaban J connectivity index is 2.44. The lowest BCUT2D eigenvalue weighted by Crippen LogP contribution is -2.40. The molecule has 1 saturated carbocycles. The molecule has 0 aromatic carbocycles. The average molecular weight is 218 g/mol. The third kappa shape index (κ3) is 2.63. The quantitative estimate of drug-likeness (QED) is 0.724. The van der Waals surface area contributed by atoms with Crippen LogP contribution in [0.2, 0.25) is 0 Å². The van der Waals surface area contributed by atoms with E-state index in [4.69, 9.17) is 11.6 Å². The summed E-state index contributed by atoms with van der Waals surface area (Å²) < 4.78 is 0. The van der Waals surface area contributed by atoms with Crippen molar-refractivity contribution < 1.29 is 4.79 Å². The highest BCUT2D eigenvalue weighted by Gasteiger charge is 2.32. The molecular weight excluding hydrogens is 198 g/mol. The van der Waals surface area contributed by atoms with Gasteiger partial charge in [0, 0.05) is 6.04 Å². The Kier molecular flexibility index (Phi) is 4.24. The van der Waals surface area contributed by atoms with Crippen LogP contribution in [0.3, 0.4) is 0 Å². The number of halogens is 1. The molecule has 0 aromatic heterocycles. The van der Waals surface area contributed by atoms with E-state index in [0.29, 0.717) is 12.0 Å². The summed E-state index contributed by atoms with van der Waals surface area (Å²) in [7, 11) is 0. The van der Waals surface area contributed by atoms with Crippen molar-refractivity contribution in [2.24, 2.45) is 11.8 Å². The van der Waals surface area contributed by atoms with Crippen LogP contribution in [0.25, 0.3) is 0 Å². The lowest BCUT2D eigenvalue weighted by Gasteiger charge is -2.21. The summed E-state index contributed by atoms with van der Waals surface area (Å²) in [4.78, 5) is 11.4. The highest BCUT2D eigenvalue weighted by Crippen LogP contribution is 2.33. The summed E-state index contributed by atoms with van der Waals surface area (Å²) in [5.74, 6) is 1.34. The lowest BCUT2D eigenvalue weighted by atomic mass is 9.93. The van der Waals surface area contributed by atoms with Gasteiger partial charge in [0.05, 0.1) is 0 Å². The fraction of sp³-hybridized carbons (Fsp3) is 0.909. The zero-order chi connectivity index (χ0) is 10.7. The molecule has 14 heavy (non-hydrogen) atoms. The molecule has 0 spiro atoms. The van der Waals surface area contributed by atoms with Crippen LogP contribution in [-0.4, -0.2) is 17.3 Å². The van der Waals surface area contributed by atoms with Crippen molar-refractivity contribution in [3.05, 3.63) is 0 Å². The maximum Gasteiger partial charge on any atom is 0.237 e. The lowest BCUT2D eigenvalue weighted by molar-refractivity contribution is -0.121. The van der Waals surface area contributed by atoms with Gasteiger partial charge in [0.1, 0.15) is 5.38 Å². The second kappa shape index (κ2) is 5.01. The van der Waals surface area contributed by atoms with Gasteiger partial charge in [0.15, 0.2) is 0 Å². The molecule has 1 rings (SSSR count). The molecular formula is C11H20ClNO. The van der Waals surface area contributed by atoms with Gasteiger partial charge in [-0.15, -0.1) is 11.6 Å². The number of nitrogens with one attached hydrogen (secondary N) is 1. The number of hydrogen-bond acceptors (Lipinski definition) is 1. The molecule has 0 saturated heterocycles. The van der Waals surface area contributed by atoms with E-state index in [-0.39, 0.29) is 5.91 Å². The zero-order valence-electron chi connectivity index (χ0n) is 9.22. The van der Waals surface area contributed by atoms with Crippen molar-refractivity contribution in [1.29, 1.82) is 0 Å². The SMILES string of the molecule is CCC1CCC(NC(=O)C(C)Cl)C1C. The Morgan fingerprint density at radius 3 is 2.64 bits per heavy atom. The molecule has 1 N–H and O–H groups in total. The van der Waals surface area contributed by atoms with E-state index >= 15 is 0 Å². The van der Waals surface area contributed by atoms with E-state index in [2.05, 4.69) is 19.2 Å². The van der Waals surface area contributed by atoms with Crippen LogP contribution >= 0.6 is 11.6 Å². The number of hydrogen-bond donors (Lipinski definition) is 1. The van der Waals surface area contributed by atoms with Gasteiger partial charge in [-0.05, 0) is 31.6 Å². The van der Waals surface area contributed by atoms with Gasteiger partial charge in [-0.25, -0.2) is 0 Å². The molecule has 0 heterocycles. The van der Waals surface area contributed by atoms with Crippen LogP contribution in [0.15, 0.2) is 0 Å². The topological polar surface area (TPSA) is 29.1 Å². The molecule has 1 amide bonds. The molecule has 0 bridgehead atoms. The van der Waals surface area contributed by atoms with E-state index in [9.17, 15) is 4.79 Å². The molecule has 82 valence electrons. The summed E-state index contributed by atoms with van der Waals surface area (Å²) in [5.41, 5.74) is 0. The highest BCUT2D eigenvalue weighted by molar-refractivity contribution is 6.30. The molecule has 0 radical (unpaired) electrons. The van der Waals surface area contributed by atoms with Gasteiger partial charge < -0.3 is 5.32 Å². The van der Waals surface area contributed by atoms with Crippen LogP contribution in [0, 0.1) is 11.8 Å². The molecule has 4 atom stereocenters. The van der Waals surface area contributed by atoms with E-state index < -0.39 is 5.38 Å². The fourth-order valence-corrected chi connectivity index (χ4v) is 2.39. The van der Waals surface area contributed by atoms with Crippen molar-refractivity contribution in [3.8, 4) is 0 Å². The summed E-state index contributed by atoms with van der Waals surface area (Å²) in [6.45, 7) is 6.16. The smallest absolute Gasteiger partial charge is 0.237 e. The molecule has 1 fully saturated rings. The first-order valence-corrected chi connectivity index (χ1v) is 5.94. The van der Waals surface area contributed by atoms with Gasteiger partial charge in [-0.2, -0.15) is 0 Å². The summed E-state index contributed by atoms with van der Waals surface area (Å²) >= 11 is 5.71. The summed E-state index contributed by atoms with van der Waals surface area (Å²) in [6.07, 6.45) is 3.55. The second-order valence-corrected chi connectivity index (χ2v) is 4.99. The van der Waals surface area contributed by atoms with Crippen LogP contribution in [0.1, 0.15) is 40.0 Å². The third-order valence-electron chi connectivity index (χ3n) is 3.44. The van der Waals surface area contributed by atoms with E-state index in [1.54, 1.807) is 6.92 Å². The maximum absolute atomic E-state index is 11.4. The molecule has 0 aliphatic heterocycles. The molecule has 3 heteroatoms. The summed E-state index contributed by atoms with van der Waals surface area (Å²) in [6, 6.07) is 0.341. The molecule has 1 aliphatic carbocycles. The highest BCUT2D eigenvalue weighted by atomic mass is 35.5. The number of carbonyl (C=O) groups is 1. The Bertz CT molecular complexity index is 205. The first kappa shape index (κ1) is 11.8. The van der Waals surface area contributed by atoms with Gasteiger partial charge in [-0.1, -0.05) is 20.3 Å².